The molecule has 2 heterocycles. The maximum Gasteiger partial charge on any atom is 0.250 e. The lowest BCUT2D eigenvalue weighted by Crippen LogP contribution is -2.25. The molecule has 1 aliphatic rings. The van der Waals surface area contributed by atoms with Gasteiger partial charge in [0.2, 0.25) is 5.91 Å². The summed E-state index contributed by atoms with van der Waals surface area (Å²) in [6.07, 6.45) is 3.99. The Bertz CT molecular complexity index is 733. The maximum atomic E-state index is 12.0. The molecule has 2 aromatic rings. The van der Waals surface area contributed by atoms with Crippen molar-refractivity contribution in [2.24, 2.45) is 5.92 Å². The van der Waals surface area contributed by atoms with Gasteiger partial charge in [0, 0.05) is 6.07 Å². The van der Waals surface area contributed by atoms with E-state index in [1.165, 1.54) is 24.4 Å². The number of hydrogen-bond donors (Lipinski definition) is 3. The summed E-state index contributed by atoms with van der Waals surface area (Å²) >= 11 is 0. The average molecular weight is 326 g/mol. The number of carbonyl (C=O) groups is 1. The van der Waals surface area contributed by atoms with Crippen LogP contribution in [0.2, 0.25) is 0 Å². The molecule has 6 heteroatoms. The molecule has 0 aliphatic carbocycles. The van der Waals surface area contributed by atoms with E-state index in [0.717, 1.165) is 31.0 Å². The van der Waals surface area contributed by atoms with Crippen LogP contribution in [0.25, 0.3) is 0 Å². The van der Waals surface area contributed by atoms with Gasteiger partial charge < -0.3 is 15.6 Å². The highest BCUT2D eigenvalue weighted by Gasteiger charge is 2.14. The van der Waals surface area contributed by atoms with Crippen molar-refractivity contribution in [1.82, 2.24) is 20.6 Å². The standard InChI is InChI=1S/C18H22N4O2/c23-17(20-11-16-9-18(24)22-12-21-16)8-14-3-1-13(2-4-14)7-15-5-6-19-10-15/h1-4,9,12,15,19H,5-8,10-11H2,(H,20,23)(H,21,22,24). The third-order valence-corrected chi connectivity index (χ3v) is 4.28. The summed E-state index contributed by atoms with van der Waals surface area (Å²) < 4.78 is 0. The highest BCUT2D eigenvalue weighted by atomic mass is 16.1. The first-order valence-electron chi connectivity index (χ1n) is 8.28. The molecule has 126 valence electrons. The van der Waals surface area contributed by atoms with E-state index in [2.05, 4.69) is 32.7 Å². The third-order valence-electron chi connectivity index (χ3n) is 4.28. The second-order valence-corrected chi connectivity index (χ2v) is 6.24. The maximum absolute atomic E-state index is 12.0. The van der Waals surface area contributed by atoms with Gasteiger partial charge in [-0.15, -0.1) is 0 Å². The van der Waals surface area contributed by atoms with Crippen molar-refractivity contribution in [2.75, 3.05) is 13.1 Å². The summed E-state index contributed by atoms with van der Waals surface area (Å²) in [5.41, 5.74) is 2.63. The number of nitrogens with zero attached hydrogens (tertiary/aromatic N) is 1. The lowest BCUT2D eigenvalue weighted by atomic mass is 9.97. The minimum absolute atomic E-state index is 0.0789. The van der Waals surface area contributed by atoms with Crippen LogP contribution in [-0.2, 0) is 24.2 Å². The van der Waals surface area contributed by atoms with Gasteiger partial charge >= 0.3 is 0 Å². The zero-order valence-corrected chi connectivity index (χ0v) is 13.5. The number of aromatic nitrogens is 2. The fourth-order valence-electron chi connectivity index (χ4n) is 2.96. The van der Waals surface area contributed by atoms with Crippen molar-refractivity contribution < 1.29 is 4.79 Å². The molecule has 0 saturated carbocycles. The van der Waals surface area contributed by atoms with Crippen molar-refractivity contribution in [3.05, 3.63) is 63.8 Å². The van der Waals surface area contributed by atoms with Crippen molar-refractivity contribution in [1.29, 1.82) is 0 Å². The second-order valence-electron chi connectivity index (χ2n) is 6.24. The minimum Gasteiger partial charge on any atom is -0.350 e. The first-order chi connectivity index (χ1) is 11.7. The largest absolute Gasteiger partial charge is 0.350 e. The van der Waals surface area contributed by atoms with Crippen LogP contribution in [-0.4, -0.2) is 29.0 Å². The Balaban J connectivity index is 1.48. The number of rotatable bonds is 6. The molecular weight excluding hydrogens is 304 g/mol. The fraction of sp³-hybridized carbons (Fsp3) is 0.389. The summed E-state index contributed by atoms with van der Waals surface area (Å²) in [4.78, 5) is 29.6. The van der Waals surface area contributed by atoms with Crippen LogP contribution in [0.15, 0.2) is 41.5 Å². The molecule has 3 rings (SSSR count). The van der Waals surface area contributed by atoms with Crippen LogP contribution in [0, 0.1) is 5.92 Å². The molecule has 1 saturated heterocycles. The monoisotopic (exact) mass is 326 g/mol. The van der Waals surface area contributed by atoms with Gasteiger partial charge in [-0.1, -0.05) is 24.3 Å². The highest BCUT2D eigenvalue weighted by Crippen LogP contribution is 2.15. The number of nitrogens with one attached hydrogen (secondary N) is 3. The van der Waals surface area contributed by atoms with Crippen molar-refractivity contribution in [3.63, 3.8) is 0 Å². The molecule has 1 aromatic carbocycles. The van der Waals surface area contributed by atoms with Gasteiger partial charge in [0.1, 0.15) is 0 Å². The van der Waals surface area contributed by atoms with E-state index < -0.39 is 0 Å². The first-order valence-corrected chi connectivity index (χ1v) is 8.28. The molecule has 0 spiro atoms. The smallest absolute Gasteiger partial charge is 0.250 e. The molecule has 1 amide bonds. The topological polar surface area (TPSA) is 86.9 Å². The Morgan fingerprint density at radius 1 is 1.25 bits per heavy atom. The molecule has 1 aliphatic heterocycles. The second kappa shape index (κ2) is 7.88. The normalized spacial score (nSPS) is 16.9. The molecule has 24 heavy (non-hydrogen) atoms. The van der Waals surface area contributed by atoms with Gasteiger partial charge in [-0.2, -0.15) is 0 Å². The predicted molar refractivity (Wildman–Crippen MR) is 91.5 cm³/mol. The van der Waals surface area contributed by atoms with Gasteiger partial charge in [-0.25, -0.2) is 4.98 Å². The SMILES string of the molecule is O=C(Cc1ccc(CC2CCNC2)cc1)NCc1cc(=O)[nH]cn1. The van der Waals surface area contributed by atoms with Crippen LogP contribution in [0.1, 0.15) is 23.2 Å². The predicted octanol–water partition coefficient (Wildman–Crippen LogP) is 0.781. The third kappa shape index (κ3) is 4.76. The van der Waals surface area contributed by atoms with Gasteiger partial charge in [-0.3, -0.25) is 9.59 Å². The van der Waals surface area contributed by atoms with Crippen molar-refractivity contribution in [2.45, 2.75) is 25.8 Å². The molecule has 1 fully saturated rings. The summed E-state index contributed by atoms with van der Waals surface area (Å²) in [6.45, 7) is 2.47. The molecule has 1 atom stereocenters. The molecule has 6 nitrogen and oxygen atoms in total. The number of carbonyl (C=O) groups excluding carboxylic acids is 1. The van der Waals surface area contributed by atoms with Crippen LogP contribution in [0.3, 0.4) is 0 Å². The Morgan fingerprint density at radius 2 is 2.04 bits per heavy atom. The number of benzene rings is 1. The Morgan fingerprint density at radius 3 is 2.75 bits per heavy atom. The Hall–Kier alpha value is -2.47. The van der Waals surface area contributed by atoms with Crippen molar-refractivity contribution >= 4 is 5.91 Å². The number of H-pyrrole nitrogens is 1. The van der Waals surface area contributed by atoms with Crippen LogP contribution in [0.4, 0.5) is 0 Å². The Kier molecular flexibility index (Phi) is 5.38. The molecule has 1 unspecified atom stereocenters. The van der Waals surface area contributed by atoms with Gasteiger partial charge in [0.05, 0.1) is 25.0 Å². The molecular formula is C18H22N4O2. The highest BCUT2D eigenvalue weighted by molar-refractivity contribution is 5.78. The van der Waals surface area contributed by atoms with E-state index >= 15 is 0 Å². The van der Waals surface area contributed by atoms with E-state index in [0.29, 0.717) is 12.1 Å². The number of aromatic amines is 1. The van der Waals surface area contributed by atoms with E-state index in [4.69, 9.17) is 0 Å². The van der Waals surface area contributed by atoms with E-state index in [-0.39, 0.29) is 18.0 Å². The van der Waals surface area contributed by atoms with E-state index in [1.54, 1.807) is 0 Å². The summed E-state index contributed by atoms with van der Waals surface area (Å²) in [5.74, 6) is 0.644. The zero-order chi connectivity index (χ0) is 16.8. The number of amides is 1. The zero-order valence-electron chi connectivity index (χ0n) is 13.5. The van der Waals surface area contributed by atoms with E-state index in [9.17, 15) is 9.59 Å². The minimum atomic E-state index is -0.220. The first kappa shape index (κ1) is 16.4. The van der Waals surface area contributed by atoms with Crippen molar-refractivity contribution in [3.8, 4) is 0 Å². The fourth-order valence-corrected chi connectivity index (χ4v) is 2.96. The molecule has 3 N–H and O–H groups in total. The summed E-state index contributed by atoms with van der Waals surface area (Å²) in [5, 5.41) is 6.17. The van der Waals surface area contributed by atoms with Crippen LogP contribution >= 0.6 is 0 Å². The van der Waals surface area contributed by atoms with Crippen LogP contribution < -0.4 is 16.2 Å². The molecule has 1 aromatic heterocycles. The lowest BCUT2D eigenvalue weighted by Gasteiger charge is -2.09. The lowest BCUT2D eigenvalue weighted by molar-refractivity contribution is -0.120. The Labute approximate surface area is 140 Å². The quantitative estimate of drug-likeness (QED) is 0.732. The molecule has 0 bridgehead atoms. The van der Waals surface area contributed by atoms with Gasteiger partial charge in [0.15, 0.2) is 0 Å². The van der Waals surface area contributed by atoms with Gasteiger partial charge in [-0.05, 0) is 43.0 Å². The average Bonchev–Trinajstić information content (AvgIpc) is 3.08. The summed E-state index contributed by atoms with van der Waals surface area (Å²) in [6, 6.07) is 9.64. The number of hydrogen-bond acceptors (Lipinski definition) is 4. The van der Waals surface area contributed by atoms with E-state index in [1.807, 2.05) is 12.1 Å². The van der Waals surface area contributed by atoms with Gasteiger partial charge in [0.25, 0.3) is 5.56 Å². The summed E-state index contributed by atoms with van der Waals surface area (Å²) in [7, 11) is 0. The molecule has 0 radical (unpaired) electrons. The van der Waals surface area contributed by atoms with Crippen LogP contribution in [0.5, 0.6) is 0 Å².